The summed E-state index contributed by atoms with van der Waals surface area (Å²) < 4.78 is 0. The maximum atomic E-state index is 12.7. The van der Waals surface area contributed by atoms with Gasteiger partial charge in [-0.15, -0.1) is 11.8 Å². The number of para-hydroxylation sites is 2. The molecule has 0 saturated carbocycles. The topological polar surface area (TPSA) is 35.6 Å². The molecule has 1 aliphatic rings. The summed E-state index contributed by atoms with van der Waals surface area (Å²) in [5, 5.41) is 3.12. The van der Waals surface area contributed by atoms with Gasteiger partial charge in [-0.05, 0) is 29.8 Å². The normalized spacial score (nSPS) is 14.5. The van der Waals surface area contributed by atoms with Crippen molar-refractivity contribution in [1.82, 2.24) is 4.90 Å². The Kier molecular flexibility index (Phi) is 7.06. The zero-order valence-electron chi connectivity index (χ0n) is 17.0. The van der Waals surface area contributed by atoms with E-state index in [-0.39, 0.29) is 5.91 Å². The van der Waals surface area contributed by atoms with Crippen molar-refractivity contribution in [2.75, 3.05) is 42.9 Å². The molecule has 0 unspecified atom stereocenters. The largest absolute Gasteiger partial charge is 0.369 e. The second-order valence-electron chi connectivity index (χ2n) is 7.42. The number of amides is 1. The highest BCUT2D eigenvalue weighted by atomic mass is 32.2. The lowest BCUT2D eigenvalue weighted by atomic mass is 10.2. The minimum atomic E-state index is 0.0518. The number of piperazine rings is 1. The van der Waals surface area contributed by atoms with Gasteiger partial charge in [-0.3, -0.25) is 9.69 Å². The van der Waals surface area contributed by atoms with Crippen LogP contribution in [0.15, 0.2) is 89.8 Å². The fraction of sp³-hybridized carbons (Fsp3) is 0.240. The van der Waals surface area contributed by atoms with Gasteiger partial charge in [-0.2, -0.15) is 0 Å². The van der Waals surface area contributed by atoms with E-state index in [1.807, 2.05) is 30.3 Å². The van der Waals surface area contributed by atoms with Crippen molar-refractivity contribution >= 4 is 29.0 Å². The molecular formula is C25H27N3OS. The molecule has 1 amide bonds. The zero-order valence-corrected chi connectivity index (χ0v) is 17.9. The van der Waals surface area contributed by atoms with Crippen LogP contribution in [-0.2, 0) is 10.5 Å². The lowest BCUT2D eigenvalue weighted by Crippen LogP contribution is -2.48. The number of thioether (sulfide) groups is 1. The predicted molar refractivity (Wildman–Crippen MR) is 126 cm³/mol. The predicted octanol–water partition coefficient (Wildman–Crippen LogP) is 4.74. The van der Waals surface area contributed by atoms with E-state index in [1.54, 1.807) is 11.8 Å². The first kappa shape index (κ1) is 20.5. The Bertz CT molecular complexity index is 941. The van der Waals surface area contributed by atoms with Gasteiger partial charge in [0.1, 0.15) is 0 Å². The van der Waals surface area contributed by atoms with Crippen LogP contribution in [0.1, 0.15) is 5.56 Å². The molecule has 0 aliphatic carbocycles. The Morgan fingerprint density at radius 3 is 2.17 bits per heavy atom. The van der Waals surface area contributed by atoms with E-state index in [9.17, 15) is 4.79 Å². The maximum Gasteiger partial charge on any atom is 0.238 e. The van der Waals surface area contributed by atoms with E-state index >= 15 is 0 Å². The van der Waals surface area contributed by atoms with E-state index in [0.717, 1.165) is 42.5 Å². The number of hydrogen-bond donors (Lipinski definition) is 1. The van der Waals surface area contributed by atoms with E-state index in [0.29, 0.717) is 6.54 Å². The van der Waals surface area contributed by atoms with Crippen molar-refractivity contribution in [3.05, 3.63) is 90.5 Å². The van der Waals surface area contributed by atoms with Crippen LogP contribution < -0.4 is 10.2 Å². The number of nitrogens with zero attached hydrogens (tertiary/aromatic N) is 2. The van der Waals surface area contributed by atoms with Gasteiger partial charge in [-0.1, -0.05) is 60.7 Å². The van der Waals surface area contributed by atoms with Crippen LogP contribution >= 0.6 is 11.8 Å². The van der Waals surface area contributed by atoms with E-state index < -0.39 is 0 Å². The molecule has 0 radical (unpaired) electrons. The first-order valence-electron chi connectivity index (χ1n) is 10.4. The van der Waals surface area contributed by atoms with Crippen molar-refractivity contribution in [3.8, 4) is 0 Å². The van der Waals surface area contributed by atoms with Crippen LogP contribution in [0.25, 0.3) is 0 Å². The average Bonchev–Trinajstić information content (AvgIpc) is 2.80. The van der Waals surface area contributed by atoms with Crippen molar-refractivity contribution in [2.45, 2.75) is 10.6 Å². The third-order valence-electron chi connectivity index (χ3n) is 5.26. The lowest BCUT2D eigenvalue weighted by molar-refractivity contribution is -0.117. The lowest BCUT2D eigenvalue weighted by Gasteiger charge is -2.35. The molecule has 1 N–H and O–H groups in total. The minimum absolute atomic E-state index is 0.0518. The molecule has 30 heavy (non-hydrogen) atoms. The van der Waals surface area contributed by atoms with Crippen LogP contribution in [0, 0.1) is 0 Å². The molecule has 0 spiro atoms. The first-order valence-corrected chi connectivity index (χ1v) is 11.3. The monoisotopic (exact) mass is 417 g/mol. The second-order valence-corrected chi connectivity index (χ2v) is 8.43. The molecule has 4 rings (SSSR count). The molecule has 1 saturated heterocycles. The smallest absolute Gasteiger partial charge is 0.238 e. The third-order valence-corrected chi connectivity index (χ3v) is 6.40. The van der Waals surface area contributed by atoms with Crippen LogP contribution in [0.3, 0.4) is 0 Å². The van der Waals surface area contributed by atoms with Crippen molar-refractivity contribution < 1.29 is 4.79 Å². The Hall–Kier alpha value is -2.76. The first-order chi connectivity index (χ1) is 14.8. The second kappa shape index (κ2) is 10.3. The highest BCUT2D eigenvalue weighted by molar-refractivity contribution is 7.98. The molecule has 3 aromatic carbocycles. The van der Waals surface area contributed by atoms with Gasteiger partial charge in [0.15, 0.2) is 0 Å². The van der Waals surface area contributed by atoms with Gasteiger partial charge in [0.2, 0.25) is 5.91 Å². The highest BCUT2D eigenvalue weighted by Crippen LogP contribution is 2.29. The van der Waals surface area contributed by atoms with E-state index in [2.05, 4.69) is 69.7 Å². The van der Waals surface area contributed by atoms with Crippen LogP contribution in [0.4, 0.5) is 11.4 Å². The van der Waals surface area contributed by atoms with Gasteiger partial charge in [0.25, 0.3) is 0 Å². The summed E-state index contributed by atoms with van der Waals surface area (Å²) >= 11 is 1.75. The molecule has 5 heteroatoms. The molecule has 0 atom stereocenters. The Morgan fingerprint density at radius 2 is 1.43 bits per heavy atom. The molecule has 0 bridgehead atoms. The number of carbonyl (C=O) groups excluding carboxylic acids is 1. The number of rotatable bonds is 7. The molecule has 3 aromatic rings. The molecular weight excluding hydrogens is 390 g/mol. The molecule has 4 nitrogen and oxygen atoms in total. The van der Waals surface area contributed by atoms with Crippen molar-refractivity contribution in [1.29, 1.82) is 0 Å². The minimum Gasteiger partial charge on any atom is -0.369 e. The maximum absolute atomic E-state index is 12.7. The van der Waals surface area contributed by atoms with Gasteiger partial charge in [0.05, 0.1) is 12.2 Å². The quantitative estimate of drug-likeness (QED) is 0.563. The highest BCUT2D eigenvalue weighted by Gasteiger charge is 2.19. The standard InChI is InChI=1S/C25H27N3OS/c29-25(19-27-15-17-28(18-16-27)22-11-5-2-6-12-22)26-23-13-7-8-14-24(23)30-20-21-9-3-1-4-10-21/h1-14H,15-20H2,(H,26,29). The summed E-state index contributed by atoms with van der Waals surface area (Å²) in [5.41, 5.74) is 3.43. The van der Waals surface area contributed by atoms with Crippen LogP contribution in [0.5, 0.6) is 0 Å². The Balaban J connectivity index is 1.28. The fourth-order valence-corrected chi connectivity index (χ4v) is 4.59. The number of anilines is 2. The zero-order chi connectivity index (χ0) is 20.6. The number of benzene rings is 3. The summed E-state index contributed by atoms with van der Waals surface area (Å²) in [5.74, 6) is 0.936. The molecule has 154 valence electrons. The average molecular weight is 418 g/mol. The van der Waals surface area contributed by atoms with Crippen LogP contribution in [0.2, 0.25) is 0 Å². The van der Waals surface area contributed by atoms with Crippen molar-refractivity contribution in [3.63, 3.8) is 0 Å². The van der Waals surface area contributed by atoms with Gasteiger partial charge in [0, 0.05) is 42.5 Å². The molecule has 1 fully saturated rings. The fourth-order valence-electron chi connectivity index (χ4n) is 3.63. The van der Waals surface area contributed by atoms with Gasteiger partial charge < -0.3 is 10.2 Å². The summed E-state index contributed by atoms with van der Waals surface area (Å²) in [4.78, 5) is 18.4. The van der Waals surface area contributed by atoms with Crippen molar-refractivity contribution in [2.24, 2.45) is 0 Å². The summed E-state index contributed by atoms with van der Waals surface area (Å²) in [7, 11) is 0. The SMILES string of the molecule is O=C(CN1CCN(c2ccccc2)CC1)Nc1ccccc1SCc1ccccc1. The number of nitrogens with one attached hydrogen (secondary N) is 1. The van der Waals surface area contributed by atoms with Crippen LogP contribution in [-0.4, -0.2) is 43.5 Å². The van der Waals surface area contributed by atoms with Gasteiger partial charge in [-0.25, -0.2) is 0 Å². The third kappa shape index (κ3) is 5.65. The Morgan fingerprint density at radius 1 is 0.800 bits per heavy atom. The number of carbonyl (C=O) groups is 1. The van der Waals surface area contributed by atoms with E-state index in [4.69, 9.17) is 0 Å². The summed E-state index contributed by atoms with van der Waals surface area (Å²) in [6.45, 7) is 4.11. The molecule has 1 heterocycles. The Labute approximate surface area is 182 Å². The summed E-state index contributed by atoms with van der Waals surface area (Å²) in [6, 6.07) is 28.9. The number of hydrogen-bond acceptors (Lipinski definition) is 4. The molecule has 1 aliphatic heterocycles. The summed E-state index contributed by atoms with van der Waals surface area (Å²) in [6.07, 6.45) is 0. The van der Waals surface area contributed by atoms with E-state index in [1.165, 1.54) is 11.3 Å². The molecule has 0 aromatic heterocycles. The van der Waals surface area contributed by atoms with Gasteiger partial charge >= 0.3 is 0 Å².